The minimum atomic E-state index is 0.0721. The number of benzene rings is 1. The van der Waals surface area contributed by atoms with E-state index in [4.69, 9.17) is 4.52 Å². The molecule has 98 valence electrons. The number of H-pyrrole nitrogens is 1. The molecule has 1 N–H and O–H groups in total. The molecule has 0 amide bonds. The fourth-order valence-electron chi connectivity index (χ4n) is 1.85. The first kappa shape index (κ1) is 12.2. The Morgan fingerprint density at radius 1 is 1.26 bits per heavy atom. The number of hydrogen-bond donors (Lipinski definition) is 1. The first-order valence-corrected chi connectivity index (χ1v) is 6.93. The zero-order valence-corrected chi connectivity index (χ0v) is 11.8. The third kappa shape index (κ3) is 2.49. The Hall–Kier alpha value is -1.82. The molecule has 0 spiro atoms. The summed E-state index contributed by atoms with van der Waals surface area (Å²) in [4.78, 5) is 12.1. The van der Waals surface area contributed by atoms with E-state index in [-0.39, 0.29) is 5.25 Å². The van der Waals surface area contributed by atoms with Gasteiger partial charge in [-0.05, 0) is 38.5 Å². The number of nitrogens with one attached hydrogen (secondary N) is 1. The molecule has 3 rings (SSSR count). The first-order valence-electron chi connectivity index (χ1n) is 6.05. The van der Waals surface area contributed by atoms with Crippen molar-refractivity contribution in [3.8, 4) is 0 Å². The number of hydrogen-bond acceptors (Lipinski definition) is 5. The number of aryl methyl sites for hydroxylation is 2. The van der Waals surface area contributed by atoms with Crippen molar-refractivity contribution in [1.29, 1.82) is 0 Å². The van der Waals surface area contributed by atoms with Gasteiger partial charge in [0.05, 0.1) is 16.3 Å². The summed E-state index contributed by atoms with van der Waals surface area (Å²) in [5.74, 6) is 1.28. The molecule has 0 radical (unpaired) electrons. The average Bonchev–Trinajstić information content (AvgIpc) is 2.94. The molecule has 0 aliphatic rings. The van der Waals surface area contributed by atoms with Crippen LogP contribution >= 0.6 is 11.8 Å². The number of aromatic amines is 1. The number of thioether (sulfide) groups is 1. The van der Waals surface area contributed by atoms with Crippen LogP contribution in [0.15, 0.2) is 27.9 Å². The zero-order valence-electron chi connectivity index (χ0n) is 11.0. The molecule has 2 aromatic heterocycles. The standard InChI is InChI=1S/C13H14N4OS/c1-7-4-5-10-11(6-7)16-13(15-10)19-8(2)12-14-9(3)17-18-12/h4-6,8H,1-3H3,(H,15,16)/t8-/m0/s1. The van der Waals surface area contributed by atoms with E-state index in [1.165, 1.54) is 5.56 Å². The van der Waals surface area contributed by atoms with Crippen molar-refractivity contribution in [3.05, 3.63) is 35.5 Å². The van der Waals surface area contributed by atoms with Gasteiger partial charge in [-0.15, -0.1) is 0 Å². The van der Waals surface area contributed by atoms with E-state index in [1.807, 2.05) is 19.9 Å². The van der Waals surface area contributed by atoms with Crippen molar-refractivity contribution in [2.45, 2.75) is 31.2 Å². The number of imidazole rings is 1. The second kappa shape index (κ2) is 4.70. The van der Waals surface area contributed by atoms with E-state index < -0.39 is 0 Å². The SMILES string of the molecule is Cc1ccc2nc(S[C@@H](C)c3nc(C)no3)[nH]c2c1. The molecule has 0 aliphatic carbocycles. The molecular weight excluding hydrogens is 260 g/mol. The van der Waals surface area contributed by atoms with Gasteiger partial charge in [-0.25, -0.2) is 4.98 Å². The van der Waals surface area contributed by atoms with Gasteiger partial charge in [-0.2, -0.15) is 4.98 Å². The minimum absolute atomic E-state index is 0.0721. The van der Waals surface area contributed by atoms with E-state index in [0.717, 1.165) is 16.2 Å². The van der Waals surface area contributed by atoms with Crippen molar-refractivity contribution in [2.75, 3.05) is 0 Å². The number of rotatable bonds is 3. The maximum absolute atomic E-state index is 5.17. The van der Waals surface area contributed by atoms with Crippen LogP contribution in [0.3, 0.4) is 0 Å². The van der Waals surface area contributed by atoms with E-state index in [0.29, 0.717) is 11.7 Å². The fourth-order valence-corrected chi connectivity index (χ4v) is 2.70. The monoisotopic (exact) mass is 274 g/mol. The van der Waals surface area contributed by atoms with E-state index in [2.05, 4.69) is 39.2 Å². The first-order chi connectivity index (χ1) is 9.11. The summed E-state index contributed by atoms with van der Waals surface area (Å²) in [5.41, 5.74) is 3.24. The molecule has 19 heavy (non-hydrogen) atoms. The van der Waals surface area contributed by atoms with Crippen LogP contribution in [-0.2, 0) is 0 Å². The van der Waals surface area contributed by atoms with Crippen LogP contribution in [-0.4, -0.2) is 20.1 Å². The van der Waals surface area contributed by atoms with Crippen LogP contribution < -0.4 is 0 Å². The van der Waals surface area contributed by atoms with E-state index in [1.54, 1.807) is 11.8 Å². The Kier molecular flexibility index (Phi) is 3.02. The number of nitrogens with zero attached hydrogens (tertiary/aromatic N) is 3. The molecule has 3 aromatic rings. The van der Waals surface area contributed by atoms with Crippen LogP contribution in [0.1, 0.15) is 29.5 Å². The highest BCUT2D eigenvalue weighted by molar-refractivity contribution is 7.99. The van der Waals surface area contributed by atoms with Gasteiger partial charge >= 0.3 is 0 Å². The highest BCUT2D eigenvalue weighted by atomic mass is 32.2. The Labute approximate surface area is 114 Å². The summed E-state index contributed by atoms with van der Waals surface area (Å²) < 4.78 is 5.17. The van der Waals surface area contributed by atoms with Gasteiger partial charge in [0.15, 0.2) is 11.0 Å². The van der Waals surface area contributed by atoms with Crippen LogP contribution in [0.5, 0.6) is 0 Å². The third-order valence-electron chi connectivity index (χ3n) is 2.80. The molecule has 0 fully saturated rings. The molecule has 6 heteroatoms. The summed E-state index contributed by atoms with van der Waals surface area (Å²) in [6.45, 7) is 5.90. The molecule has 0 saturated heterocycles. The van der Waals surface area contributed by atoms with E-state index in [9.17, 15) is 0 Å². The van der Waals surface area contributed by atoms with Crippen molar-refractivity contribution >= 4 is 22.8 Å². The fraction of sp³-hybridized carbons (Fsp3) is 0.308. The molecule has 0 bridgehead atoms. The maximum Gasteiger partial charge on any atom is 0.239 e. The van der Waals surface area contributed by atoms with Gasteiger partial charge in [-0.1, -0.05) is 23.0 Å². The molecule has 0 saturated carbocycles. The Bertz CT molecular complexity index is 718. The predicted octanol–water partition coefficient (Wildman–Crippen LogP) is 3.42. The molecule has 0 aliphatic heterocycles. The highest BCUT2D eigenvalue weighted by Gasteiger charge is 2.16. The van der Waals surface area contributed by atoms with Gasteiger partial charge in [-0.3, -0.25) is 0 Å². The quantitative estimate of drug-likeness (QED) is 0.741. The molecule has 5 nitrogen and oxygen atoms in total. The van der Waals surface area contributed by atoms with E-state index >= 15 is 0 Å². The Morgan fingerprint density at radius 3 is 2.84 bits per heavy atom. The van der Waals surface area contributed by atoms with Crippen LogP contribution in [0, 0.1) is 13.8 Å². The zero-order chi connectivity index (χ0) is 13.4. The predicted molar refractivity (Wildman–Crippen MR) is 74.1 cm³/mol. The van der Waals surface area contributed by atoms with Crippen molar-refractivity contribution in [2.24, 2.45) is 0 Å². The van der Waals surface area contributed by atoms with Crippen LogP contribution in [0.2, 0.25) is 0 Å². The average molecular weight is 274 g/mol. The van der Waals surface area contributed by atoms with Gasteiger partial charge in [0.2, 0.25) is 5.89 Å². The number of aromatic nitrogens is 4. The maximum atomic E-state index is 5.17. The lowest BCUT2D eigenvalue weighted by atomic mass is 10.2. The summed E-state index contributed by atoms with van der Waals surface area (Å²) in [6.07, 6.45) is 0. The van der Waals surface area contributed by atoms with Crippen molar-refractivity contribution in [1.82, 2.24) is 20.1 Å². The Morgan fingerprint density at radius 2 is 2.11 bits per heavy atom. The normalized spacial score (nSPS) is 13.0. The van der Waals surface area contributed by atoms with Crippen LogP contribution in [0.4, 0.5) is 0 Å². The summed E-state index contributed by atoms with van der Waals surface area (Å²) in [6, 6.07) is 6.17. The van der Waals surface area contributed by atoms with Crippen molar-refractivity contribution in [3.63, 3.8) is 0 Å². The second-order valence-electron chi connectivity index (χ2n) is 4.50. The lowest BCUT2D eigenvalue weighted by Crippen LogP contribution is -1.89. The molecule has 1 aromatic carbocycles. The van der Waals surface area contributed by atoms with Gasteiger partial charge in [0.25, 0.3) is 0 Å². The smallest absolute Gasteiger partial charge is 0.239 e. The third-order valence-corrected chi connectivity index (χ3v) is 3.77. The summed E-state index contributed by atoms with van der Waals surface area (Å²) in [5, 5.41) is 4.74. The Balaban J connectivity index is 1.85. The molecule has 2 heterocycles. The molecule has 1 atom stereocenters. The van der Waals surface area contributed by atoms with Gasteiger partial charge in [0.1, 0.15) is 0 Å². The summed E-state index contributed by atoms with van der Waals surface area (Å²) >= 11 is 1.58. The lowest BCUT2D eigenvalue weighted by Gasteiger charge is -2.02. The molecule has 0 unspecified atom stereocenters. The van der Waals surface area contributed by atoms with Gasteiger partial charge in [0, 0.05) is 0 Å². The topological polar surface area (TPSA) is 67.6 Å². The summed E-state index contributed by atoms with van der Waals surface area (Å²) in [7, 11) is 0. The molecular formula is C13H14N4OS. The van der Waals surface area contributed by atoms with Crippen LogP contribution in [0.25, 0.3) is 11.0 Å². The second-order valence-corrected chi connectivity index (χ2v) is 5.83. The van der Waals surface area contributed by atoms with Gasteiger partial charge < -0.3 is 9.51 Å². The minimum Gasteiger partial charge on any atom is -0.338 e. The van der Waals surface area contributed by atoms with Crippen molar-refractivity contribution < 1.29 is 4.52 Å². The highest BCUT2D eigenvalue weighted by Crippen LogP contribution is 2.33. The number of fused-ring (bicyclic) bond motifs is 1. The largest absolute Gasteiger partial charge is 0.338 e. The lowest BCUT2D eigenvalue weighted by molar-refractivity contribution is 0.376.